The van der Waals surface area contributed by atoms with Crippen molar-refractivity contribution in [1.82, 2.24) is 14.7 Å². The van der Waals surface area contributed by atoms with E-state index >= 15 is 0 Å². The van der Waals surface area contributed by atoms with Crippen LogP contribution in [0.2, 0.25) is 0 Å². The zero-order valence-electron chi connectivity index (χ0n) is 11.3. The van der Waals surface area contributed by atoms with Gasteiger partial charge in [0.1, 0.15) is 11.7 Å². The van der Waals surface area contributed by atoms with Crippen molar-refractivity contribution >= 4 is 11.9 Å². The van der Waals surface area contributed by atoms with E-state index in [-0.39, 0.29) is 11.3 Å². The van der Waals surface area contributed by atoms with E-state index in [0.717, 1.165) is 12.8 Å². The van der Waals surface area contributed by atoms with Crippen molar-refractivity contribution in [2.24, 2.45) is 0 Å². The molecule has 108 valence electrons. The highest BCUT2D eigenvalue weighted by atomic mass is 16.4. The second-order valence-electron chi connectivity index (χ2n) is 4.72. The van der Waals surface area contributed by atoms with Crippen LogP contribution in [0.15, 0.2) is 16.9 Å². The Bertz CT molecular complexity index is 581. The monoisotopic (exact) mass is 279 g/mol. The molecule has 1 saturated heterocycles. The Hall–Kier alpha value is -2.18. The number of hydrogen-bond acceptors (Lipinski definition) is 4. The van der Waals surface area contributed by atoms with Gasteiger partial charge in [-0.05, 0) is 32.3 Å². The number of carboxylic acid groups (broad SMARTS) is 1. The lowest BCUT2D eigenvalue weighted by molar-refractivity contribution is -0.143. The Morgan fingerprint density at radius 3 is 2.80 bits per heavy atom. The molecule has 1 aromatic heterocycles. The first-order valence-corrected chi connectivity index (χ1v) is 6.66. The van der Waals surface area contributed by atoms with Gasteiger partial charge in [-0.2, -0.15) is 5.10 Å². The van der Waals surface area contributed by atoms with E-state index in [9.17, 15) is 19.5 Å². The number of carbonyl (C=O) groups excluding carboxylic acids is 1. The molecular weight excluding hydrogens is 262 g/mol. The minimum atomic E-state index is -0.998. The standard InChI is InChI=1S/C13H17N3O4/c1-2-16-11(17)7-6-9(14-16)12(18)15-8-4-3-5-10(15)13(19)20/h6-7,10H,2-5,8H2,1H3,(H,19,20)/t10-/m1/s1. The summed E-state index contributed by atoms with van der Waals surface area (Å²) in [5.74, 6) is -1.43. The van der Waals surface area contributed by atoms with Crippen LogP contribution in [0.1, 0.15) is 36.7 Å². The minimum absolute atomic E-state index is 0.111. The molecule has 20 heavy (non-hydrogen) atoms. The fourth-order valence-corrected chi connectivity index (χ4v) is 2.37. The summed E-state index contributed by atoms with van der Waals surface area (Å²) in [7, 11) is 0. The molecule has 1 aromatic rings. The van der Waals surface area contributed by atoms with Gasteiger partial charge in [0.2, 0.25) is 0 Å². The number of piperidine rings is 1. The van der Waals surface area contributed by atoms with Crippen LogP contribution in [0.4, 0.5) is 0 Å². The van der Waals surface area contributed by atoms with E-state index in [4.69, 9.17) is 0 Å². The SMILES string of the molecule is CCn1nc(C(=O)N2CCCC[C@@H]2C(=O)O)ccc1=O. The second kappa shape index (κ2) is 5.85. The molecular formula is C13H17N3O4. The summed E-state index contributed by atoms with van der Waals surface area (Å²) in [6, 6.07) is 1.83. The topological polar surface area (TPSA) is 92.5 Å². The number of aryl methyl sites for hydroxylation is 1. The molecule has 2 heterocycles. The summed E-state index contributed by atoms with van der Waals surface area (Å²) < 4.78 is 1.19. The second-order valence-corrected chi connectivity index (χ2v) is 4.72. The van der Waals surface area contributed by atoms with Crippen molar-refractivity contribution in [3.8, 4) is 0 Å². The first kappa shape index (κ1) is 14.2. The maximum absolute atomic E-state index is 12.4. The van der Waals surface area contributed by atoms with Crippen molar-refractivity contribution in [2.45, 2.75) is 38.8 Å². The van der Waals surface area contributed by atoms with E-state index in [1.165, 1.54) is 21.7 Å². The van der Waals surface area contributed by atoms with Gasteiger partial charge < -0.3 is 10.0 Å². The third-order valence-electron chi connectivity index (χ3n) is 3.43. The van der Waals surface area contributed by atoms with Gasteiger partial charge in [0, 0.05) is 19.2 Å². The maximum Gasteiger partial charge on any atom is 0.326 e. The molecule has 0 saturated carbocycles. The number of aliphatic carboxylic acids is 1. The number of aromatic nitrogens is 2. The van der Waals surface area contributed by atoms with Crippen molar-refractivity contribution in [3.05, 3.63) is 28.2 Å². The lowest BCUT2D eigenvalue weighted by Crippen LogP contribution is -2.48. The predicted octanol–water partition coefficient (Wildman–Crippen LogP) is 0.342. The highest BCUT2D eigenvalue weighted by Crippen LogP contribution is 2.19. The van der Waals surface area contributed by atoms with E-state index in [0.29, 0.717) is 19.5 Å². The molecule has 1 aliphatic heterocycles. The Morgan fingerprint density at radius 1 is 1.40 bits per heavy atom. The molecule has 1 atom stereocenters. The van der Waals surface area contributed by atoms with Gasteiger partial charge in [-0.15, -0.1) is 0 Å². The molecule has 1 aliphatic rings. The Labute approximate surface area is 115 Å². The summed E-state index contributed by atoms with van der Waals surface area (Å²) >= 11 is 0. The molecule has 7 nitrogen and oxygen atoms in total. The van der Waals surface area contributed by atoms with Crippen LogP contribution in [0.25, 0.3) is 0 Å². The van der Waals surface area contributed by atoms with E-state index in [2.05, 4.69) is 5.10 Å². The van der Waals surface area contributed by atoms with Crippen LogP contribution < -0.4 is 5.56 Å². The number of hydrogen-bond donors (Lipinski definition) is 1. The normalized spacial score (nSPS) is 18.9. The van der Waals surface area contributed by atoms with Gasteiger partial charge in [0.15, 0.2) is 0 Å². The predicted molar refractivity (Wildman–Crippen MR) is 70.5 cm³/mol. The fraction of sp³-hybridized carbons (Fsp3) is 0.538. The first-order chi connectivity index (χ1) is 9.54. The van der Waals surface area contributed by atoms with Gasteiger partial charge in [-0.1, -0.05) is 0 Å². The van der Waals surface area contributed by atoms with Gasteiger partial charge in [-0.3, -0.25) is 9.59 Å². The average molecular weight is 279 g/mol. The minimum Gasteiger partial charge on any atom is -0.480 e. The van der Waals surface area contributed by atoms with Crippen LogP contribution in [-0.2, 0) is 11.3 Å². The highest BCUT2D eigenvalue weighted by Gasteiger charge is 2.33. The lowest BCUT2D eigenvalue weighted by atomic mass is 10.0. The third-order valence-corrected chi connectivity index (χ3v) is 3.43. The Morgan fingerprint density at radius 2 is 2.15 bits per heavy atom. The molecule has 7 heteroatoms. The van der Waals surface area contributed by atoms with Crippen molar-refractivity contribution < 1.29 is 14.7 Å². The molecule has 0 bridgehead atoms. The molecule has 0 radical (unpaired) electrons. The maximum atomic E-state index is 12.4. The van der Waals surface area contributed by atoms with Crippen LogP contribution in [0, 0.1) is 0 Å². The molecule has 0 spiro atoms. The van der Waals surface area contributed by atoms with Gasteiger partial charge in [0.05, 0.1) is 0 Å². The molecule has 2 rings (SSSR count). The molecule has 1 fully saturated rings. The quantitative estimate of drug-likeness (QED) is 0.861. The largest absolute Gasteiger partial charge is 0.480 e. The third kappa shape index (κ3) is 2.71. The van der Waals surface area contributed by atoms with Crippen molar-refractivity contribution in [2.75, 3.05) is 6.54 Å². The average Bonchev–Trinajstić information content (AvgIpc) is 2.47. The van der Waals surface area contributed by atoms with Crippen LogP contribution in [-0.4, -0.2) is 44.3 Å². The summed E-state index contributed by atoms with van der Waals surface area (Å²) in [6.07, 6.45) is 2.03. The number of likely N-dealkylation sites (tertiary alicyclic amines) is 1. The Balaban J connectivity index is 2.29. The van der Waals surface area contributed by atoms with Crippen molar-refractivity contribution in [1.29, 1.82) is 0 Å². The molecule has 0 unspecified atom stereocenters. The zero-order valence-corrected chi connectivity index (χ0v) is 11.3. The number of nitrogens with zero attached hydrogens (tertiary/aromatic N) is 3. The fourth-order valence-electron chi connectivity index (χ4n) is 2.37. The number of rotatable bonds is 3. The highest BCUT2D eigenvalue weighted by molar-refractivity contribution is 5.95. The van der Waals surface area contributed by atoms with Gasteiger partial charge >= 0.3 is 5.97 Å². The Kier molecular flexibility index (Phi) is 4.16. The van der Waals surface area contributed by atoms with E-state index < -0.39 is 17.9 Å². The smallest absolute Gasteiger partial charge is 0.326 e. The number of amides is 1. The lowest BCUT2D eigenvalue weighted by Gasteiger charge is -2.32. The van der Waals surface area contributed by atoms with E-state index in [1.807, 2.05) is 0 Å². The van der Waals surface area contributed by atoms with E-state index in [1.54, 1.807) is 6.92 Å². The molecule has 0 aromatic carbocycles. The number of carbonyl (C=O) groups is 2. The summed E-state index contributed by atoms with van der Waals surface area (Å²) in [6.45, 7) is 2.52. The number of carboxylic acids is 1. The molecule has 1 N–H and O–H groups in total. The summed E-state index contributed by atoms with van der Waals surface area (Å²) in [5.41, 5.74) is -0.169. The van der Waals surface area contributed by atoms with Crippen LogP contribution >= 0.6 is 0 Å². The van der Waals surface area contributed by atoms with Gasteiger partial charge in [-0.25, -0.2) is 9.48 Å². The summed E-state index contributed by atoms with van der Waals surface area (Å²) in [5, 5.41) is 13.2. The van der Waals surface area contributed by atoms with Crippen LogP contribution in [0.3, 0.4) is 0 Å². The molecule has 0 aliphatic carbocycles. The van der Waals surface area contributed by atoms with Gasteiger partial charge in [0.25, 0.3) is 11.5 Å². The first-order valence-electron chi connectivity index (χ1n) is 6.66. The van der Waals surface area contributed by atoms with Crippen molar-refractivity contribution in [3.63, 3.8) is 0 Å². The summed E-state index contributed by atoms with van der Waals surface area (Å²) in [4.78, 5) is 36.4. The molecule has 1 amide bonds. The van der Waals surface area contributed by atoms with Crippen LogP contribution in [0.5, 0.6) is 0 Å². The zero-order chi connectivity index (χ0) is 14.7.